The fourth-order valence-electron chi connectivity index (χ4n) is 1.31. The first-order valence-electron chi connectivity index (χ1n) is 4.94. The number of nitrogens with two attached hydrogens (primary N) is 1. The lowest BCUT2D eigenvalue weighted by atomic mass is 10.3. The normalized spacial score (nSPS) is 10.3. The molecule has 0 unspecified atom stereocenters. The molecule has 0 atom stereocenters. The topological polar surface area (TPSA) is 85.8 Å². The predicted molar refractivity (Wildman–Crippen MR) is 79.9 cm³/mol. The van der Waals surface area contributed by atoms with Gasteiger partial charge in [-0.15, -0.1) is 5.10 Å². The summed E-state index contributed by atoms with van der Waals surface area (Å²) >= 11 is 5.59. The number of carbonyl (C=O) groups excluding carboxylic acids is 1. The molecule has 0 spiro atoms. The summed E-state index contributed by atoms with van der Waals surface area (Å²) in [5, 5.41) is 6.61. The van der Waals surface area contributed by atoms with Crippen molar-refractivity contribution in [1.82, 2.24) is 14.8 Å². The van der Waals surface area contributed by atoms with Gasteiger partial charge in [-0.2, -0.15) is 0 Å². The van der Waals surface area contributed by atoms with E-state index in [1.807, 2.05) is 18.2 Å². The van der Waals surface area contributed by atoms with E-state index in [1.54, 1.807) is 0 Å². The van der Waals surface area contributed by atoms with E-state index in [0.717, 1.165) is 8.04 Å². The fourth-order valence-corrected chi connectivity index (χ4v) is 2.71. The number of aromatic nitrogens is 3. The molecule has 0 fully saturated rings. The lowest BCUT2D eigenvalue weighted by Crippen LogP contribution is -2.19. The molecular formula is C10H9BrIN5O. The first kappa shape index (κ1) is 13.3. The van der Waals surface area contributed by atoms with Gasteiger partial charge in [0.15, 0.2) is 0 Å². The Balaban J connectivity index is 2.03. The Kier molecular flexibility index (Phi) is 4.17. The first-order valence-corrected chi connectivity index (χ1v) is 6.81. The molecule has 1 aromatic carbocycles. The second-order valence-electron chi connectivity index (χ2n) is 3.47. The molecule has 0 aliphatic carbocycles. The molecule has 0 bridgehead atoms. The molecule has 2 aromatic rings. The van der Waals surface area contributed by atoms with E-state index in [4.69, 9.17) is 5.73 Å². The van der Waals surface area contributed by atoms with Gasteiger partial charge >= 0.3 is 0 Å². The zero-order valence-electron chi connectivity index (χ0n) is 9.10. The highest BCUT2D eigenvalue weighted by Gasteiger charge is 2.07. The molecule has 8 heteroatoms. The highest BCUT2D eigenvalue weighted by Crippen LogP contribution is 2.24. The Morgan fingerprint density at radius 3 is 2.94 bits per heavy atom. The van der Waals surface area contributed by atoms with E-state index >= 15 is 0 Å². The Morgan fingerprint density at radius 2 is 2.33 bits per heavy atom. The highest BCUT2D eigenvalue weighted by atomic mass is 127. The third-order valence-corrected chi connectivity index (χ3v) is 3.39. The molecule has 3 N–H and O–H groups in total. The van der Waals surface area contributed by atoms with E-state index in [-0.39, 0.29) is 18.4 Å². The van der Waals surface area contributed by atoms with Crippen LogP contribution < -0.4 is 11.1 Å². The maximum atomic E-state index is 11.8. The summed E-state index contributed by atoms with van der Waals surface area (Å²) in [6, 6.07) is 5.66. The van der Waals surface area contributed by atoms with Gasteiger partial charge in [-0.05, 0) is 56.7 Å². The molecule has 1 aromatic heterocycles. The molecule has 18 heavy (non-hydrogen) atoms. The summed E-state index contributed by atoms with van der Waals surface area (Å²) in [7, 11) is 0. The second-order valence-corrected chi connectivity index (χ2v) is 5.57. The Morgan fingerprint density at radius 1 is 1.56 bits per heavy atom. The molecule has 0 saturated heterocycles. The predicted octanol–water partition coefficient (Wildman–Crippen LogP) is 1.87. The zero-order chi connectivity index (χ0) is 13.1. The molecule has 2 rings (SSSR count). The van der Waals surface area contributed by atoms with Crippen LogP contribution in [0.2, 0.25) is 0 Å². The summed E-state index contributed by atoms with van der Waals surface area (Å²) in [6.07, 6.45) is 1.41. The lowest BCUT2D eigenvalue weighted by Gasteiger charge is -2.07. The van der Waals surface area contributed by atoms with Crippen molar-refractivity contribution in [2.45, 2.75) is 6.54 Å². The van der Waals surface area contributed by atoms with Crippen LogP contribution in [0.15, 0.2) is 29.0 Å². The van der Waals surface area contributed by atoms with Gasteiger partial charge in [-0.25, -0.2) is 9.67 Å². The van der Waals surface area contributed by atoms with Crippen molar-refractivity contribution < 1.29 is 4.79 Å². The van der Waals surface area contributed by atoms with Crippen molar-refractivity contribution >= 4 is 56.1 Å². The van der Waals surface area contributed by atoms with Crippen LogP contribution >= 0.6 is 38.5 Å². The molecule has 6 nitrogen and oxygen atoms in total. The number of rotatable bonds is 3. The maximum Gasteiger partial charge on any atom is 0.246 e. The van der Waals surface area contributed by atoms with Crippen LogP contribution in [0.1, 0.15) is 0 Å². The smallest absolute Gasteiger partial charge is 0.246 e. The molecule has 0 radical (unpaired) electrons. The Bertz CT molecular complexity index is 585. The minimum atomic E-state index is -0.193. The van der Waals surface area contributed by atoms with Crippen molar-refractivity contribution in [3.63, 3.8) is 0 Å². The van der Waals surface area contributed by atoms with Crippen molar-refractivity contribution in [2.24, 2.45) is 0 Å². The number of nitrogens with zero attached hydrogens (tertiary/aromatic N) is 3. The van der Waals surface area contributed by atoms with Gasteiger partial charge in [0, 0.05) is 8.04 Å². The first-order chi connectivity index (χ1) is 8.54. The van der Waals surface area contributed by atoms with Gasteiger partial charge < -0.3 is 11.1 Å². The SMILES string of the molecule is Nc1ncn(CC(=O)Nc2ccc(I)cc2Br)n1. The van der Waals surface area contributed by atoms with Gasteiger partial charge in [0.25, 0.3) is 0 Å². The van der Waals surface area contributed by atoms with Crippen molar-refractivity contribution in [3.05, 3.63) is 32.6 Å². The van der Waals surface area contributed by atoms with Crippen molar-refractivity contribution in [3.8, 4) is 0 Å². The zero-order valence-corrected chi connectivity index (χ0v) is 12.8. The van der Waals surface area contributed by atoms with Crippen LogP contribution in [0.25, 0.3) is 0 Å². The van der Waals surface area contributed by atoms with Gasteiger partial charge in [0.2, 0.25) is 11.9 Å². The van der Waals surface area contributed by atoms with Crippen molar-refractivity contribution in [1.29, 1.82) is 0 Å². The van der Waals surface area contributed by atoms with E-state index < -0.39 is 0 Å². The molecule has 0 aliphatic rings. The van der Waals surface area contributed by atoms with Crippen LogP contribution in [-0.4, -0.2) is 20.7 Å². The average Bonchev–Trinajstić information content (AvgIpc) is 2.68. The van der Waals surface area contributed by atoms with Crippen LogP contribution in [0.5, 0.6) is 0 Å². The molecule has 1 amide bonds. The van der Waals surface area contributed by atoms with Gasteiger partial charge in [-0.1, -0.05) is 0 Å². The summed E-state index contributed by atoms with van der Waals surface area (Å²) in [4.78, 5) is 15.5. The third kappa shape index (κ3) is 3.42. The molecule has 0 aliphatic heterocycles. The van der Waals surface area contributed by atoms with E-state index in [0.29, 0.717) is 5.69 Å². The fraction of sp³-hybridized carbons (Fsp3) is 0.100. The number of carbonyl (C=O) groups is 1. The minimum absolute atomic E-state index is 0.0721. The highest BCUT2D eigenvalue weighted by molar-refractivity contribution is 14.1. The number of hydrogen-bond donors (Lipinski definition) is 2. The molecule has 0 saturated carbocycles. The van der Waals surface area contributed by atoms with Crippen LogP contribution in [0, 0.1) is 3.57 Å². The maximum absolute atomic E-state index is 11.8. The molecular weight excluding hydrogens is 413 g/mol. The largest absolute Gasteiger partial charge is 0.367 e. The molecule has 94 valence electrons. The van der Waals surface area contributed by atoms with Crippen LogP contribution in [-0.2, 0) is 11.3 Å². The summed E-state index contributed by atoms with van der Waals surface area (Å²) in [6.45, 7) is 0.0721. The van der Waals surface area contributed by atoms with E-state index in [2.05, 4.69) is 53.9 Å². The summed E-state index contributed by atoms with van der Waals surface area (Å²) in [5.74, 6) is -0.0416. The van der Waals surface area contributed by atoms with Crippen LogP contribution in [0.4, 0.5) is 11.6 Å². The lowest BCUT2D eigenvalue weighted by molar-refractivity contribution is -0.116. The number of halogens is 2. The van der Waals surface area contributed by atoms with Crippen molar-refractivity contribution in [2.75, 3.05) is 11.1 Å². The van der Waals surface area contributed by atoms with Gasteiger partial charge in [-0.3, -0.25) is 4.79 Å². The quantitative estimate of drug-likeness (QED) is 0.740. The summed E-state index contributed by atoms with van der Waals surface area (Å²) < 4.78 is 3.30. The van der Waals surface area contributed by atoms with E-state index in [9.17, 15) is 4.79 Å². The molecule has 1 heterocycles. The standard InChI is InChI=1S/C10H9BrIN5O/c11-7-3-6(12)1-2-8(7)15-9(18)4-17-5-14-10(13)16-17/h1-3,5H,4H2,(H2,13,16)(H,15,18). The Labute approximate surface area is 125 Å². The monoisotopic (exact) mass is 421 g/mol. The number of benzene rings is 1. The summed E-state index contributed by atoms with van der Waals surface area (Å²) in [5.41, 5.74) is 6.08. The second kappa shape index (κ2) is 5.65. The Hall–Kier alpha value is -1.16. The third-order valence-electron chi connectivity index (χ3n) is 2.07. The minimum Gasteiger partial charge on any atom is -0.367 e. The number of nitrogen functional groups attached to an aromatic ring is 1. The van der Waals surface area contributed by atoms with Gasteiger partial charge in [0.05, 0.1) is 5.69 Å². The number of hydrogen-bond acceptors (Lipinski definition) is 4. The van der Waals surface area contributed by atoms with E-state index in [1.165, 1.54) is 11.0 Å². The average molecular weight is 422 g/mol. The number of anilines is 2. The number of nitrogens with one attached hydrogen (secondary N) is 1. The number of amides is 1. The van der Waals surface area contributed by atoms with Gasteiger partial charge in [0.1, 0.15) is 12.9 Å². The van der Waals surface area contributed by atoms with Crippen LogP contribution in [0.3, 0.4) is 0 Å².